The first-order valence-corrected chi connectivity index (χ1v) is 11.9. The second-order valence-corrected chi connectivity index (χ2v) is 9.25. The summed E-state index contributed by atoms with van der Waals surface area (Å²) in [5.74, 6) is 1.41. The smallest absolute Gasteiger partial charge is 0.251 e. The van der Waals surface area contributed by atoms with Crippen LogP contribution in [0.3, 0.4) is 0 Å². The SMILES string of the molecule is C=C(S/C=C(\C)C(=O)Nc1ccccc1-c1ccccc1)C1CCC(CCC)CC1. The lowest BCUT2D eigenvalue weighted by molar-refractivity contribution is -0.112. The van der Waals surface area contributed by atoms with Crippen molar-refractivity contribution >= 4 is 23.4 Å². The minimum Gasteiger partial charge on any atom is -0.322 e. The number of allylic oxidation sites excluding steroid dienone is 1. The van der Waals surface area contributed by atoms with Crippen molar-refractivity contribution in [3.8, 4) is 11.1 Å². The van der Waals surface area contributed by atoms with E-state index < -0.39 is 0 Å². The standard InChI is InChI=1S/C27H33NOS/c1-4-10-22-15-17-23(18-16-22)21(3)30-19-20(2)27(29)28-26-14-9-8-13-25(26)24-11-6-5-7-12-24/h5-9,11-14,19,22-23H,3-4,10,15-18H2,1-2H3,(H,28,29)/b20-19+. The number of hydrogen-bond donors (Lipinski definition) is 1. The molecule has 0 unspecified atom stereocenters. The van der Waals surface area contributed by atoms with Gasteiger partial charge in [-0.2, -0.15) is 0 Å². The Balaban J connectivity index is 1.58. The van der Waals surface area contributed by atoms with Gasteiger partial charge in [0.1, 0.15) is 0 Å². The number of amides is 1. The molecule has 0 aliphatic heterocycles. The van der Waals surface area contributed by atoms with Gasteiger partial charge in [-0.25, -0.2) is 0 Å². The van der Waals surface area contributed by atoms with Crippen molar-refractivity contribution in [2.45, 2.75) is 52.4 Å². The highest BCUT2D eigenvalue weighted by Gasteiger charge is 2.22. The summed E-state index contributed by atoms with van der Waals surface area (Å²) in [6, 6.07) is 18.1. The number of anilines is 1. The lowest BCUT2D eigenvalue weighted by atomic mass is 9.80. The molecule has 2 aromatic rings. The zero-order chi connectivity index (χ0) is 21.3. The monoisotopic (exact) mass is 419 g/mol. The van der Waals surface area contributed by atoms with E-state index in [1.807, 2.05) is 54.8 Å². The maximum Gasteiger partial charge on any atom is 0.251 e. The molecule has 1 aliphatic carbocycles. The van der Waals surface area contributed by atoms with E-state index in [2.05, 4.69) is 31.0 Å². The Morgan fingerprint density at radius 2 is 1.73 bits per heavy atom. The summed E-state index contributed by atoms with van der Waals surface area (Å²) in [6.07, 6.45) is 7.75. The van der Waals surface area contributed by atoms with Gasteiger partial charge in [0.2, 0.25) is 0 Å². The molecular formula is C27H33NOS. The van der Waals surface area contributed by atoms with Gasteiger partial charge in [-0.1, -0.05) is 74.9 Å². The number of benzene rings is 2. The molecular weight excluding hydrogens is 386 g/mol. The fraction of sp³-hybridized carbons (Fsp3) is 0.370. The molecule has 1 fully saturated rings. The average molecular weight is 420 g/mol. The van der Waals surface area contributed by atoms with Crippen LogP contribution in [0.5, 0.6) is 0 Å². The van der Waals surface area contributed by atoms with E-state index >= 15 is 0 Å². The molecule has 1 N–H and O–H groups in total. The number of carbonyl (C=O) groups excluding carboxylic acids is 1. The summed E-state index contributed by atoms with van der Waals surface area (Å²) in [7, 11) is 0. The van der Waals surface area contributed by atoms with E-state index in [1.165, 1.54) is 43.4 Å². The van der Waals surface area contributed by atoms with Crippen LogP contribution in [-0.2, 0) is 4.79 Å². The van der Waals surface area contributed by atoms with Crippen molar-refractivity contribution in [2.24, 2.45) is 11.8 Å². The van der Waals surface area contributed by atoms with Crippen LogP contribution in [0.4, 0.5) is 5.69 Å². The van der Waals surface area contributed by atoms with Gasteiger partial charge in [0.05, 0.1) is 0 Å². The molecule has 1 aliphatic rings. The number of rotatable bonds is 8. The number of nitrogens with one attached hydrogen (secondary N) is 1. The molecule has 0 saturated heterocycles. The van der Waals surface area contributed by atoms with Gasteiger partial charge in [-0.05, 0) is 66.4 Å². The number of para-hydroxylation sites is 1. The van der Waals surface area contributed by atoms with E-state index in [1.54, 1.807) is 11.8 Å². The van der Waals surface area contributed by atoms with E-state index in [0.29, 0.717) is 11.5 Å². The Morgan fingerprint density at radius 3 is 2.43 bits per heavy atom. The number of hydrogen-bond acceptors (Lipinski definition) is 2. The molecule has 3 heteroatoms. The van der Waals surface area contributed by atoms with Crippen molar-refractivity contribution < 1.29 is 4.79 Å². The van der Waals surface area contributed by atoms with Crippen LogP contribution in [0.25, 0.3) is 11.1 Å². The van der Waals surface area contributed by atoms with Gasteiger partial charge in [0.15, 0.2) is 0 Å². The van der Waals surface area contributed by atoms with Crippen LogP contribution < -0.4 is 5.32 Å². The molecule has 0 spiro atoms. The fourth-order valence-corrected chi connectivity index (χ4v) is 5.04. The highest BCUT2D eigenvalue weighted by Crippen LogP contribution is 2.39. The normalized spacial score (nSPS) is 19.3. The lowest BCUT2D eigenvalue weighted by Gasteiger charge is -2.29. The highest BCUT2D eigenvalue weighted by atomic mass is 32.2. The minimum atomic E-state index is -0.0645. The molecule has 30 heavy (non-hydrogen) atoms. The summed E-state index contributed by atoms with van der Waals surface area (Å²) in [6.45, 7) is 8.45. The summed E-state index contributed by atoms with van der Waals surface area (Å²) in [5.41, 5.74) is 3.67. The molecule has 0 bridgehead atoms. The Bertz CT molecular complexity index is 879. The first-order chi connectivity index (χ1) is 14.6. The first kappa shape index (κ1) is 22.4. The van der Waals surface area contributed by atoms with Crippen molar-refractivity contribution in [3.63, 3.8) is 0 Å². The van der Waals surface area contributed by atoms with Crippen LogP contribution in [0.1, 0.15) is 52.4 Å². The van der Waals surface area contributed by atoms with Crippen LogP contribution in [0, 0.1) is 11.8 Å². The van der Waals surface area contributed by atoms with Crippen LogP contribution in [-0.4, -0.2) is 5.91 Å². The van der Waals surface area contributed by atoms with Gasteiger partial charge < -0.3 is 5.32 Å². The maximum absolute atomic E-state index is 12.8. The zero-order valence-corrected chi connectivity index (χ0v) is 19.0. The van der Waals surface area contributed by atoms with Gasteiger partial charge in [-0.15, -0.1) is 11.8 Å². The third-order valence-electron chi connectivity index (χ3n) is 6.00. The molecule has 2 aromatic carbocycles. The third kappa shape index (κ3) is 6.12. The maximum atomic E-state index is 12.8. The lowest BCUT2D eigenvalue weighted by Crippen LogP contribution is -2.15. The van der Waals surface area contributed by atoms with Crippen molar-refractivity contribution in [3.05, 3.63) is 77.1 Å². The van der Waals surface area contributed by atoms with E-state index in [0.717, 1.165) is 22.7 Å². The average Bonchev–Trinajstić information content (AvgIpc) is 2.79. The van der Waals surface area contributed by atoms with Crippen molar-refractivity contribution in [1.82, 2.24) is 0 Å². The molecule has 0 radical (unpaired) electrons. The van der Waals surface area contributed by atoms with Gasteiger partial charge in [0, 0.05) is 16.8 Å². The predicted molar refractivity (Wildman–Crippen MR) is 131 cm³/mol. The zero-order valence-electron chi connectivity index (χ0n) is 18.2. The van der Waals surface area contributed by atoms with E-state index in [4.69, 9.17) is 0 Å². The molecule has 3 rings (SSSR count). The Hall–Kier alpha value is -2.26. The van der Waals surface area contributed by atoms with Crippen LogP contribution >= 0.6 is 11.8 Å². The highest BCUT2D eigenvalue weighted by molar-refractivity contribution is 8.05. The molecule has 2 nitrogen and oxygen atoms in total. The molecule has 0 atom stereocenters. The number of thioether (sulfide) groups is 1. The predicted octanol–water partition coefficient (Wildman–Crippen LogP) is 8.05. The molecule has 0 aromatic heterocycles. The summed E-state index contributed by atoms with van der Waals surface area (Å²) in [4.78, 5) is 14.0. The second-order valence-electron chi connectivity index (χ2n) is 8.26. The Labute approximate surface area is 185 Å². The summed E-state index contributed by atoms with van der Waals surface area (Å²) >= 11 is 1.63. The quantitative estimate of drug-likeness (QED) is 0.438. The van der Waals surface area contributed by atoms with Gasteiger partial charge in [-0.3, -0.25) is 4.79 Å². The van der Waals surface area contributed by atoms with Crippen molar-refractivity contribution in [2.75, 3.05) is 5.32 Å². The molecule has 1 saturated carbocycles. The minimum absolute atomic E-state index is 0.0645. The second kappa shape index (κ2) is 11.2. The van der Waals surface area contributed by atoms with Crippen LogP contribution in [0.15, 0.2) is 77.1 Å². The van der Waals surface area contributed by atoms with E-state index in [9.17, 15) is 4.79 Å². The third-order valence-corrected chi connectivity index (χ3v) is 7.11. The number of carbonyl (C=O) groups is 1. The molecule has 0 heterocycles. The van der Waals surface area contributed by atoms with Gasteiger partial charge >= 0.3 is 0 Å². The Kier molecular flexibility index (Phi) is 8.39. The fourth-order valence-electron chi connectivity index (χ4n) is 4.18. The van der Waals surface area contributed by atoms with Crippen LogP contribution in [0.2, 0.25) is 0 Å². The molecule has 158 valence electrons. The largest absolute Gasteiger partial charge is 0.322 e. The Morgan fingerprint density at radius 1 is 1.07 bits per heavy atom. The topological polar surface area (TPSA) is 29.1 Å². The van der Waals surface area contributed by atoms with E-state index in [-0.39, 0.29) is 5.91 Å². The summed E-state index contributed by atoms with van der Waals surface area (Å²) in [5, 5.41) is 5.04. The molecule has 1 amide bonds. The first-order valence-electron chi connectivity index (χ1n) is 11.1. The van der Waals surface area contributed by atoms with Crippen molar-refractivity contribution in [1.29, 1.82) is 0 Å². The summed E-state index contributed by atoms with van der Waals surface area (Å²) < 4.78 is 0. The van der Waals surface area contributed by atoms with Gasteiger partial charge in [0.25, 0.3) is 5.91 Å².